The molecule has 2 N–H and O–H groups in total. The summed E-state index contributed by atoms with van der Waals surface area (Å²) >= 11 is 0. The molecule has 0 aromatic heterocycles. The van der Waals surface area contributed by atoms with Crippen molar-refractivity contribution in [3.8, 4) is 0 Å². The lowest BCUT2D eigenvalue weighted by Gasteiger charge is -2.16. The number of hydrogen-bond donors (Lipinski definition) is 2. The van der Waals surface area contributed by atoms with Gasteiger partial charge < -0.3 is 10.6 Å². The minimum atomic E-state index is -0.0110. The van der Waals surface area contributed by atoms with E-state index >= 15 is 0 Å². The Morgan fingerprint density at radius 3 is 2.47 bits per heavy atom. The normalized spacial score (nSPS) is 12.3. The van der Waals surface area contributed by atoms with Crippen molar-refractivity contribution in [2.45, 2.75) is 46.2 Å². The maximum absolute atomic E-state index is 12.1. The first kappa shape index (κ1) is 13.6. The number of carbonyl (C=O) groups is 1. The fourth-order valence-corrected chi connectivity index (χ4v) is 1.52. The molecule has 1 amide bonds. The molecule has 0 saturated heterocycles. The summed E-state index contributed by atoms with van der Waals surface area (Å²) < 4.78 is 0. The minimum Gasteiger partial charge on any atom is -0.382 e. The summed E-state index contributed by atoms with van der Waals surface area (Å²) in [4.78, 5) is 12.1. The highest BCUT2D eigenvalue weighted by Gasteiger charge is 2.12. The Morgan fingerprint density at radius 2 is 1.88 bits per heavy atom. The zero-order chi connectivity index (χ0) is 12.8. The van der Waals surface area contributed by atoms with Gasteiger partial charge in [0.15, 0.2) is 0 Å². The van der Waals surface area contributed by atoms with Crippen LogP contribution in [0.5, 0.6) is 0 Å². The Labute approximate surface area is 104 Å². The van der Waals surface area contributed by atoms with Crippen LogP contribution in [0.15, 0.2) is 24.3 Å². The number of para-hydroxylation sites is 1. The van der Waals surface area contributed by atoms with Gasteiger partial charge in [0.05, 0.1) is 5.56 Å². The van der Waals surface area contributed by atoms with Crippen molar-refractivity contribution in [1.29, 1.82) is 0 Å². The van der Waals surface area contributed by atoms with Crippen LogP contribution >= 0.6 is 0 Å². The molecule has 94 valence electrons. The third-order valence-electron chi connectivity index (χ3n) is 2.61. The van der Waals surface area contributed by atoms with Crippen LogP contribution in [0.4, 0.5) is 5.69 Å². The Hall–Kier alpha value is -1.51. The average molecular weight is 234 g/mol. The zero-order valence-corrected chi connectivity index (χ0v) is 11.1. The van der Waals surface area contributed by atoms with Crippen LogP contribution in [0.25, 0.3) is 0 Å². The van der Waals surface area contributed by atoms with Gasteiger partial charge in [0.25, 0.3) is 5.91 Å². The molecule has 17 heavy (non-hydrogen) atoms. The maximum Gasteiger partial charge on any atom is 0.253 e. The molecule has 0 aliphatic heterocycles. The van der Waals surface area contributed by atoms with Crippen LogP contribution in [0.2, 0.25) is 0 Å². The topological polar surface area (TPSA) is 41.1 Å². The molecule has 1 rings (SSSR count). The number of carbonyl (C=O) groups excluding carboxylic acids is 1. The van der Waals surface area contributed by atoms with E-state index in [1.807, 2.05) is 31.2 Å². The Balaban J connectivity index is 2.85. The number of benzene rings is 1. The Morgan fingerprint density at radius 1 is 1.24 bits per heavy atom. The summed E-state index contributed by atoms with van der Waals surface area (Å²) in [6, 6.07) is 8.12. The smallest absolute Gasteiger partial charge is 0.253 e. The van der Waals surface area contributed by atoms with E-state index in [1.54, 1.807) is 0 Å². The second-order valence-electron chi connectivity index (χ2n) is 4.63. The summed E-state index contributed by atoms with van der Waals surface area (Å²) in [6.07, 6.45) is 0.936. The quantitative estimate of drug-likeness (QED) is 0.822. The predicted molar refractivity (Wildman–Crippen MR) is 72.4 cm³/mol. The van der Waals surface area contributed by atoms with Crippen LogP contribution in [0.1, 0.15) is 44.5 Å². The molecule has 1 aromatic rings. The molecule has 0 bridgehead atoms. The van der Waals surface area contributed by atoms with Crippen molar-refractivity contribution in [3.63, 3.8) is 0 Å². The summed E-state index contributed by atoms with van der Waals surface area (Å²) in [5, 5.41) is 6.27. The van der Waals surface area contributed by atoms with Gasteiger partial charge in [-0.3, -0.25) is 4.79 Å². The van der Waals surface area contributed by atoms with E-state index in [-0.39, 0.29) is 11.9 Å². The van der Waals surface area contributed by atoms with E-state index in [9.17, 15) is 4.79 Å². The summed E-state index contributed by atoms with van der Waals surface area (Å²) in [5.74, 6) is -0.0110. The SMILES string of the molecule is CCC(C)NC(=O)c1ccccc1NC(C)C. The lowest BCUT2D eigenvalue weighted by atomic mass is 10.1. The molecular weight excluding hydrogens is 212 g/mol. The minimum absolute atomic E-state index is 0.0110. The predicted octanol–water partition coefficient (Wildman–Crippen LogP) is 3.04. The molecule has 1 aromatic carbocycles. The standard InChI is InChI=1S/C14H22N2O/c1-5-11(4)16-14(17)12-8-6-7-9-13(12)15-10(2)3/h6-11,15H,5H2,1-4H3,(H,16,17). The van der Waals surface area contributed by atoms with Crippen molar-refractivity contribution in [1.82, 2.24) is 5.32 Å². The first-order valence-electron chi connectivity index (χ1n) is 6.21. The van der Waals surface area contributed by atoms with Gasteiger partial charge in [0, 0.05) is 17.8 Å². The number of rotatable bonds is 5. The fourth-order valence-electron chi connectivity index (χ4n) is 1.52. The molecule has 3 nitrogen and oxygen atoms in total. The van der Waals surface area contributed by atoms with Gasteiger partial charge in [0.2, 0.25) is 0 Å². The number of hydrogen-bond acceptors (Lipinski definition) is 2. The summed E-state index contributed by atoms with van der Waals surface area (Å²) in [5.41, 5.74) is 1.60. The molecular formula is C14H22N2O. The Kier molecular flexibility index (Phi) is 5.01. The van der Waals surface area contributed by atoms with E-state index < -0.39 is 0 Å². The largest absolute Gasteiger partial charge is 0.382 e. The second kappa shape index (κ2) is 6.28. The van der Waals surface area contributed by atoms with Crippen molar-refractivity contribution in [2.24, 2.45) is 0 Å². The lowest BCUT2D eigenvalue weighted by molar-refractivity contribution is 0.0940. The molecule has 1 unspecified atom stereocenters. The molecule has 0 aliphatic rings. The van der Waals surface area contributed by atoms with Crippen LogP contribution in [0, 0.1) is 0 Å². The highest BCUT2D eigenvalue weighted by atomic mass is 16.1. The lowest BCUT2D eigenvalue weighted by Crippen LogP contribution is -2.32. The molecule has 1 atom stereocenters. The maximum atomic E-state index is 12.1. The first-order chi connectivity index (χ1) is 8.04. The third kappa shape index (κ3) is 4.10. The molecule has 0 saturated carbocycles. The summed E-state index contributed by atoms with van der Waals surface area (Å²) in [6.45, 7) is 8.19. The second-order valence-corrected chi connectivity index (χ2v) is 4.63. The van der Waals surface area contributed by atoms with Crippen molar-refractivity contribution in [2.75, 3.05) is 5.32 Å². The van der Waals surface area contributed by atoms with E-state index in [1.165, 1.54) is 0 Å². The van der Waals surface area contributed by atoms with E-state index in [0.717, 1.165) is 12.1 Å². The van der Waals surface area contributed by atoms with Crippen molar-refractivity contribution >= 4 is 11.6 Å². The first-order valence-corrected chi connectivity index (χ1v) is 6.21. The van der Waals surface area contributed by atoms with Gasteiger partial charge in [-0.25, -0.2) is 0 Å². The van der Waals surface area contributed by atoms with Gasteiger partial charge in [-0.2, -0.15) is 0 Å². The van der Waals surface area contributed by atoms with Crippen LogP contribution < -0.4 is 10.6 Å². The van der Waals surface area contributed by atoms with E-state index in [4.69, 9.17) is 0 Å². The number of amides is 1. The number of anilines is 1. The Bertz CT molecular complexity index is 374. The highest BCUT2D eigenvalue weighted by Crippen LogP contribution is 2.16. The summed E-state index contributed by atoms with van der Waals surface area (Å²) in [7, 11) is 0. The molecule has 0 aliphatic carbocycles. The fraction of sp³-hybridized carbons (Fsp3) is 0.500. The third-order valence-corrected chi connectivity index (χ3v) is 2.61. The van der Waals surface area contributed by atoms with Gasteiger partial charge in [-0.15, -0.1) is 0 Å². The van der Waals surface area contributed by atoms with Crippen LogP contribution in [0.3, 0.4) is 0 Å². The van der Waals surface area contributed by atoms with Gasteiger partial charge >= 0.3 is 0 Å². The van der Waals surface area contributed by atoms with Crippen molar-refractivity contribution in [3.05, 3.63) is 29.8 Å². The van der Waals surface area contributed by atoms with E-state index in [2.05, 4.69) is 31.4 Å². The molecule has 0 radical (unpaired) electrons. The highest BCUT2D eigenvalue weighted by molar-refractivity contribution is 5.99. The van der Waals surface area contributed by atoms with Gasteiger partial charge in [-0.1, -0.05) is 19.1 Å². The average Bonchev–Trinajstić information content (AvgIpc) is 2.28. The van der Waals surface area contributed by atoms with Crippen LogP contribution in [-0.4, -0.2) is 18.0 Å². The van der Waals surface area contributed by atoms with E-state index in [0.29, 0.717) is 11.6 Å². The zero-order valence-electron chi connectivity index (χ0n) is 11.1. The van der Waals surface area contributed by atoms with Crippen molar-refractivity contribution < 1.29 is 4.79 Å². The number of nitrogens with one attached hydrogen (secondary N) is 2. The molecule has 0 fully saturated rings. The monoisotopic (exact) mass is 234 g/mol. The van der Waals surface area contributed by atoms with Gasteiger partial charge in [-0.05, 0) is 39.3 Å². The molecule has 3 heteroatoms. The molecule has 0 heterocycles. The van der Waals surface area contributed by atoms with Gasteiger partial charge in [0.1, 0.15) is 0 Å². The molecule has 0 spiro atoms. The van der Waals surface area contributed by atoms with Crippen LogP contribution in [-0.2, 0) is 0 Å².